The molecular weight excluding hydrogens is 1310 g/mol. The van der Waals surface area contributed by atoms with Crippen molar-refractivity contribution < 1.29 is 140 Å². The molecule has 0 aromatic rings. The van der Waals surface area contributed by atoms with Crippen LogP contribution in [0.3, 0.4) is 0 Å². The lowest BCUT2D eigenvalue weighted by atomic mass is 9.80. The molecule has 41 heteroatoms. The molecule has 0 aliphatic heterocycles. The van der Waals surface area contributed by atoms with Crippen molar-refractivity contribution in [3.8, 4) is 0 Å². The zero-order chi connectivity index (χ0) is 68.3. The van der Waals surface area contributed by atoms with Crippen LogP contribution in [0.5, 0.6) is 0 Å². The summed E-state index contributed by atoms with van der Waals surface area (Å²) in [5.74, 6) is -8.80. The normalized spacial score (nSPS) is 14.8. The Balaban J connectivity index is -0.00000135. The van der Waals surface area contributed by atoms with Gasteiger partial charge in [0.05, 0.1) is 11.5 Å². The molecule has 0 aromatic carbocycles. The molecule has 516 valence electrons. The molecule has 0 amide bonds. The molecule has 1 N–H and O–H groups in total. The fourth-order valence-electron chi connectivity index (χ4n) is 7.62. The second-order valence-corrected chi connectivity index (χ2v) is 25.8. The summed E-state index contributed by atoms with van der Waals surface area (Å²) < 4.78 is 413. The summed E-state index contributed by atoms with van der Waals surface area (Å²) in [6, 6.07) is 0. The molecule has 85 heavy (non-hydrogen) atoms. The summed E-state index contributed by atoms with van der Waals surface area (Å²) in [6.07, 6.45) is -69.3. The third-order valence-corrected chi connectivity index (χ3v) is 15.4. The van der Waals surface area contributed by atoms with Gasteiger partial charge in [-0.1, -0.05) is 0 Å². The van der Waals surface area contributed by atoms with Crippen LogP contribution < -0.4 is 5.32 Å². The maximum atomic E-state index is 14.4. The Morgan fingerprint density at radius 2 is 0.541 bits per heavy atom. The molecule has 0 spiro atoms. The van der Waals surface area contributed by atoms with Crippen LogP contribution in [0.2, 0.25) is 0 Å². The Hall–Kier alpha value is -2.01. The fraction of sp³-hybridized carbons (Fsp3) is 1.00. The van der Waals surface area contributed by atoms with Crippen molar-refractivity contribution in [2.24, 2.45) is 11.8 Å². The lowest BCUT2D eigenvalue weighted by Gasteiger charge is -2.37. The average molecular weight is 1380 g/mol. The summed E-state index contributed by atoms with van der Waals surface area (Å²) in [5, 5.41) is 3.44. The zero-order valence-corrected chi connectivity index (χ0v) is 49.2. The molecule has 0 atom stereocenters. The van der Waals surface area contributed by atoms with Crippen molar-refractivity contribution in [2.75, 3.05) is 120 Å². The molecule has 10 nitrogen and oxygen atoms in total. The zero-order valence-electron chi connectivity index (χ0n) is 46.9. The lowest BCUT2D eigenvalue weighted by Crippen LogP contribution is -2.57. The van der Waals surface area contributed by atoms with Gasteiger partial charge in [-0.2, -0.15) is 105 Å². The summed E-state index contributed by atoms with van der Waals surface area (Å²) >= 11 is 0. The van der Waals surface area contributed by atoms with E-state index >= 15 is 0 Å². The molecule has 0 unspecified atom stereocenters. The highest BCUT2D eigenvalue weighted by Gasteiger charge is 2.77. The number of rotatable bonds is 33. The Morgan fingerprint density at radius 1 is 0.329 bits per heavy atom. The van der Waals surface area contributed by atoms with Crippen molar-refractivity contribution in [3.63, 3.8) is 0 Å². The van der Waals surface area contributed by atoms with E-state index in [1.54, 1.807) is 38.0 Å². The minimum Gasteiger partial charge on any atom is -0.317 e. The molecule has 0 aliphatic carbocycles. The first-order valence-corrected chi connectivity index (χ1v) is 29.0. The summed E-state index contributed by atoms with van der Waals surface area (Å²) in [6.45, 7) is 5.22. The third kappa shape index (κ3) is 30.1. The Labute approximate surface area is 479 Å². The van der Waals surface area contributed by atoms with Crippen LogP contribution in [0.25, 0.3) is 0 Å². The van der Waals surface area contributed by atoms with Gasteiger partial charge in [0.25, 0.3) is 22.7 Å². The largest absolute Gasteiger partial charge is 0.431 e. The molecule has 0 saturated carbocycles. The van der Waals surface area contributed by atoms with Gasteiger partial charge in [-0.05, 0) is 159 Å². The van der Waals surface area contributed by atoms with Gasteiger partial charge in [-0.15, -0.1) is 0 Å². The molecule has 0 rings (SSSR count). The van der Waals surface area contributed by atoms with Crippen molar-refractivity contribution in [2.45, 2.75) is 149 Å². The summed E-state index contributed by atoms with van der Waals surface area (Å²) in [4.78, 5) is 7.84. The highest BCUT2D eigenvalue weighted by molar-refractivity contribution is 8.13. The Morgan fingerprint density at radius 3 is 0.741 bits per heavy atom. The number of sulfonamides is 1. The molecular formula is C44H71ClF28N6O4S2. The molecule has 0 heterocycles. The van der Waals surface area contributed by atoms with Crippen molar-refractivity contribution in [1.82, 2.24) is 29.2 Å². The van der Waals surface area contributed by atoms with E-state index in [2.05, 4.69) is 54.0 Å². The quantitative estimate of drug-likeness (QED) is 0.0391. The summed E-state index contributed by atoms with van der Waals surface area (Å²) in [7, 11) is 10.9. The smallest absolute Gasteiger partial charge is 0.317 e. The van der Waals surface area contributed by atoms with Crippen LogP contribution in [-0.4, -0.2) is 233 Å². The van der Waals surface area contributed by atoms with Gasteiger partial charge in [-0.25, -0.2) is 38.7 Å². The minimum atomic E-state index is -6.85. The van der Waals surface area contributed by atoms with Gasteiger partial charge in [0.15, 0.2) is 0 Å². The SMILES string of the molecule is CN(C)CCCN(CCCN(C)C)S(=O)(=O)CCCC(CC(F)(C(F)(F)F)C(F)(F)F)CC(F)(C(F)(F)F)C(F)(F)F.CN(C)CCCNCCCN(C)C.O=S(=O)(Cl)CCCC(CC(F)(C(F)(F)F)C(F)(F)F)CC(F)(C(F)(F)F)C(F)(F)F. The van der Waals surface area contributed by atoms with E-state index in [0.29, 0.717) is 13.1 Å². The number of alkyl halides is 28. The van der Waals surface area contributed by atoms with E-state index in [9.17, 15) is 140 Å². The van der Waals surface area contributed by atoms with Crippen molar-refractivity contribution >= 4 is 29.8 Å². The second kappa shape index (κ2) is 33.9. The number of nitrogens with one attached hydrogen (secondary N) is 1. The number of halogens is 29. The first-order chi connectivity index (χ1) is 37.4. The first kappa shape index (κ1) is 87.2. The minimum absolute atomic E-state index is 0.108. The fourth-order valence-corrected chi connectivity index (χ4v) is 10.1. The molecule has 0 bridgehead atoms. The topological polar surface area (TPSA) is 96.5 Å². The molecule has 0 radical (unpaired) electrons. The molecule has 0 fully saturated rings. The maximum Gasteiger partial charge on any atom is 0.431 e. The number of hydrogen-bond donors (Lipinski definition) is 1. The van der Waals surface area contributed by atoms with E-state index in [1.807, 2.05) is 0 Å². The van der Waals surface area contributed by atoms with Crippen molar-refractivity contribution in [1.29, 1.82) is 0 Å². The average Bonchev–Trinajstić information content (AvgIpc) is 3.24. The van der Waals surface area contributed by atoms with Gasteiger partial charge in [-0.3, -0.25) is 0 Å². The van der Waals surface area contributed by atoms with Crippen LogP contribution in [0, 0.1) is 11.8 Å². The Bertz CT molecular complexity index is 1940. The van der Waals surface area contributed by atoms with E-state index in [0.717, 1.165) is 17.4 Å². The Kier molecular flexibility index (Phi) is 34.8. The van der Waals surface area contributed by atoms with Gasteiger partial charge in [0.1, 0.15) is 0 Å². The van der Waals surface area contributed by atoms with Crippen LogP contribution in [0.1, 0.15) is 77.0 Å². The van der Waals surface area contributed by atoms with Gasteiger partial charge >= 0.3 is 49.4 Å². The maximum absolute atomic E-state index is 14.4. The second-order valence-electron chi connectivity index (χ2n) is 20.9. The third-order valence-electron chi connectivity index (χ3n) is 12.2. The molecule has 0 aromatic heterocycles. The molecule has 0 saturated heterocycles. The lowest BCUT2D eigenvalue weighted by molar-refractivity contribution is -0.358. The monoisotopic (exact) mass is 1380 g/mol. The van der Waals surface area contributed by atoms with Gasteiger partial charge in [0.2, 0.25) is 19.1 Å². The number of hydrogen-bond acceptors (Lipinski definition) is 9. The molecule has 0 aliphatic rings. The standard InChI is InChI=1S/C22H35F14N3O2S.C12H11ClF14O2S.C10H25N3/c1-37(2)9-6-11-39(12-7-10-38(3)4)42(40,41)13-5-8-16(14-17(23,19(25,26)27)20(28,29)30)15-18(24,21(31,32)33)22(34,35)36;13-30(28,29)3-1-2-6(4-7(14,9(16,17)18)10(19,20)21)5-8(15,11(22,23)24)12(25,26)27;1-12(2)9-5-7-11-8-6-10-13(3)4/h16H,5-15H2,1-4H3;6H,1-5H2;11H,5-10H2,1-4H3. The van der Waals surface area contributed by atoms with Gasteiger partial charge in [0, 0.05) is 49.5 Å². The van der Waals surface area contributed by atoms with Crippen LogP contribution in [-0.2, 0) is 19.1 Å². The predicted molar refractivity (Wildman–Crippen MR) is 258 cm³/mol. The van der Waals surface area contributed by atoms with E-state index in [-0.39, 0.29) is 25.9 Å². The van der Waals surface area contributed by atoms with Crippen LogP contribution >= 0.6 is 10.7 Å². The van der Waals surface area contributed by atoms with Crippen molar-refractivity contribution in [3.05, 3.63) is 0 Å². The highest BCUT2D eigenvalue weighted by atomic mass is 35.7. The first-order valence-electron chi connectivity index (χ1n) is 24.9. The van der Waals surface area contributed by atoms with Crippen LogP contribution in [0.15, 0.2) is 0 Å². The van der Waals surface area contributed by atoms with Crippen LogP contribution in [0.4, 0.5) is 123 Å². The predicted octanol–water partition coefficient (Wildman–Crippen LogP) is 13.2. The van der Waals surface area contributed by atoms with Gasteiger partial charge < -0.3 is 24.9 Å². The summed E-state index contributed by atoms with van der Waals surface area (Å²) in [5.41, 5.74) is -25.2. The van der Waals surface area contributed by atoms with E-state index in [1.165, 1.54) is 25.9 Å². The van der Waals surface area contributed by atoms with E-state index < -0.39 is 166 Å². The van der Waals surface area contributed by atoms with E-state index in [4.69, 9.17) is 0 Å². The highest BCUT2D eigenvalue weighted by Crippen LogP contribution is 2.57. The number of nitrogens with zero attached hydrogens (tertiary/aromatic N) is 5.